The molecule has 0 fully saturated rings. The van der Waals surface area contributed by atoms with Crippen LogP contribution in [-0.4, -0.2) is 14.5 Å². The second-order valence-corrected chi connectivity index (χ2v) is 14.6. The van der Waals surface area contributed by atoms with E-state index in [9.17, 15) is 26.3 Å². The summed E-state index contributed by atoms with van der Waals surface area (Å²) in [6.45, 7) is 4.01. The Morgan fingerprint density at radius 3 is 1.27 bits per heavy atom. The van der Waals surface area contributed by atoms with Gasteiger partial charge in [-0.2, -0.15) is 26.3 Å². The van der Waals surface area contributed by atoms with Gasteiger partial charge in [-0.1, -0.05) is 108 Å². The second-order valence-electron chi connectivity index (χ2n) is 14.6. The molecule has 0 atom stereocenters. The first-order valence-electron chi connectivity index (χ1n) is 18.9. The minimum atomic E-state index is -4.57. The molecule has 0 aliphatic heterocycles. The highest BCUT2D eigenvalue weighted by Gasteiger charge is 2.32. The average molecular weight is 790 g/mol. The van der Waals surface area contributed by atoms with E-state index in [-0.39, 0.29) is 0 Å². The molecule has 0 spiro atoms. The quantitative estimate of drug-likeness (QED) is 0.157. The lowest BCUT2D eigenvalue weighted by atomic mass is 9.90. The largest absolute Gasteiger partial charge is 0.416 e. The van der Waals surface area contributed by atoms with Gasteiger partial charge in [0.25, 0.3) is 0 Å². The number of aromatic nitrogens is 3. The van der Waals surface area contributed by atoms with Gasteiger partial charge in [-0.3, -0.25) is 0 Å². The third kappa shape index (κ3) is 7.14. The molecule has 0 radical (unpaired) electrons. The van der Waals surface area contributed by atoms with E-state index in [2.05, 4.69) is 16.7 Å². The molecule has 3 nitrogen and oxygen atoms in total. The van der Waals surface area contributed by atoms with Crippen LogP contribution in [0.25, 0.3) is 83.6 Å². The van der Waals surface area contributed by atoms with Gasteiger partial charge < -0.3 is 4.57 Å². The standard InChI is InChI=1S/C50H33F6N3/c1-30-13-23-45-41(25-30)42-26-31(2)14-24-46(42)59(45)47-39(32-15-19-37(20-16-32)49(51,52)53)27-36(28-40(47)33-17-21-38(22-18-33)50(54,55)56)44-29-43(34-9-5-3-6-10-34)57-48(58-44)35-11-7-4-8-12-35/h3-29H,1-2H3. The zero-order valence-corrected chi connectivity index (χ0v) is 31.7. The molecule has 0 saturated carbocycles. The molecule has 7 aromatic carbocycles. The van der Waals surface area contributed by atoms with Gasteiger partial charge in [0.1, 0.15) is 0 Å². The predicted molar refractivity (Wildman–Crippen MR) is 223 cm³/mol. The first-order chi connectivity index (χ1) is 28.3. The smallest absolute Gasteiger partial charge is 0.308 e. The Labute approximate surface area is 335 Å². The molecule has 2 heterocycles. The summed E-state index contributed by atoms with van der Waals surface area (Å²) in [6.07, 6.45) is -9.14. The molecule has 59 heavy (non-hydrogen) atoms. The molecule has 0 bridgehead atoms. The van der Waals surface area contributed by atoms with Crippen LogP contribution in [0.1, 0.15) is 22.3 Å². The number of alkyl halides is 6. The van der Waals surface area contributed by atoms with Gasteiger partial charge in [-0.05, 0) is 91.7 Å². The van der Waals surface area contributed by atoms with Crippen LogP contribution in [0.4, 0.5) is 26.3 Å². The number of rotatable bonds is 6. The Hall–Kier alpha value is -7.00. The molecule has 0 aliphatic carbocycles. The van der Waals surface area contributed by atoms with Gasteiger partial charge in [0.05, 0.1) is 39.2 Å². The van der Waals surface area contributed by atoms with E-state index in [0.29, 0.717) is 50.7 Å². The Morgan fingerprint density at radius 2 is 0.831 bits per heavy atom. The normalized spacial score (nSPS) is 12.1. The predicted octanol–water partition coefficient (Wildman–Crippen LogP) is 14.6. The van der Waals surface area contributed by atoms with E-state index in [1.165, 1.54) is 24.3 Å². The maximum absolute atomic E-state index is 14.0. The van der Waals surface area contributed by atoms with E-state index in [0.717, 1.165) is 68.3 Å². The van der Waals surface area contributed by atoms with Gasteiger partial charge in [0, 0.05) is 38.6 Å². The van der Waals surface area contributed by atoms with Crippen LogP contribution in [0.5, 0.6) is 0 Å². The SMILES string of the molecule is Cc1ccc2c(c1)c1cc(C)ccc1n2-c1c(-c2ccc(C(F)(F)F)cc2)cc(-c2cc(-c3ccccc3)nc(-c3ccccc3)n2)cc1-c1ccc(C(F)(F)F)cc1. The zero-order valence-electron chi connectivity index (χ0n) is 31.7. The number of aryl methyl sites for hydroxylation is 2. The molecule has 2 aromatic heterocycles. The third-order valence-electron chi connectivity index (χ3n) is 10.6. The molecule has 0 saturated heterocycles. The molecule has 9 rings (SSSR count). The summed E-state index contributed by atoms with van der Waals surface area (Å²) in [5.74, 6) is 0.450. The van der Waals surface area contributed by atoms with Crippen LogP contribution >= 0.6 is 0 Å². The third-order valence-corrected chi connectivity index (χ3v) is 10.6. The molecule has 0 N–H and O–H groups in total. The maximum atomic E-state index is 14.0. The molecule has 9 heteroatoms. The summed E-state index contributed by atoms with van der Waals surface area (Å²) >= 11 is 0. The highest BCUT2D eigenvalue weighted by Crippen LogP contribution is 2.45. The van der Waals surface area contributed by atoms with Crippen LogP contribution in [0.15, 0.2) is 164 Å². The number of halogens is 6. The Kier molecular flexibility index (Phi) is 9.19. The number of hydrogen-bond acceptors (Lipinski definition) is 2. The van der Waals surface area contributed by atoms with Crippen molar-refractivity contribution in [1.29, 1.82) is 0 Å². The minimum Gasteiger partial charge on any atom is -0.308 e. The Bertz CT molecular complexity index is 2810. The summed E-state index contributed by atoms with van der Waals surface area (Å²) in [6, 6.07) is 46.9. The maximum Gasteiger partial charge on any atom is 0.416 e. The van der Waals surface area contributed by atoms with Crippen LogP contribution in [0, 0.1) is 13.8 Å². The lowest BCUT2D eigenvalue weighted by Gasteiger charge is -2.22. The molecule has 0 unspecified atom stereocenters. The van der Waals surface area contributed by atoms with E-state index in [4.69, 9.17) is 9.97 Å². The fourth-order valence-electron chi connectivity index (χ4n) is 7.70. The monoisotopic (exact) mass is 789 g/mol. The van der Waals surface area contributed by atoms with Crippen molar-refractivity contribution in [3.05, 3.63) is 186 Å². The zero-order chi connectivity index (χ0) is 41.1. The molecule has 290 valence electrons. The number of benzene rings is 7. The average Bonchev–Trinajstić information content (AvgIpc) is 3.55. The lowest BCUT2D eigenvalue weighted by Crippen LogP contribution is -2.06. The fourth-order valence-corrected chi connectivity index (χ4v) is 7.70. The lowest BCUT2D eigenvalue weighted by molar-refractivity contribution is -0.138. The van der Waals surface area contributed by atoms with Gasteiger partial charge >= 0.3 is 12.4 Å². The van der Waals surface area contributed by atoms with Crippen molar-refractivity contribution in [3.63, 3.8) is 0 Å². The van der Waals surface area contributed by atoms with Crippen molar-refractivity contribution >= 4 is 21.8 Å². The van der Waals surface area contributed by atoms with E-state index < -0.39 is 23.5 Å². The van der Waals surface area contributed by atoms with Crippen molar-refractivity contribution in [2.75, 3.05) is 0 Å². The van der Waals surface area contributed by atoms with E-state index in [1.54, 1.807) is 0 Å². The fraction of sp³-hybridized carbons (Fsp3) is 0.0800. The van der Waals surface area contributed by atoms with Gasteiger partial charge in [-0.25, -0.2) is 9.97 Å². The van der Waals surface area contributed by atoms with Crippen LogP contribution in [-0.2, 0) is 12.4 Å². The second kappa shape index (κ2) is 14.4. The molecular formula is C50H33F6N3. The highest BCUT2D eigenvalue weighted by atomic mass is 19.4. The minimum absolute atomic E-state index is 0.450. The van der Waals surface area contributed by atoms with Crippen molar-refractivity contribution in [2.24, 2.45) is 0 Å². The number of fused-ring (bicyclic) bond motifs is 3. The van der Waals surface area contributed by atoms with Crippen molar-refractivity contribution < 1.29 is 26.3 Å². The van der Waals surface area contributed by atoms with Crippen molar-refractivity contribution in [1.82, 2.24) is 14.5 Å². The van der Waals surface area contributed by atoms with Crippen LogP contribution in [0.3, 0.4) is 0 Å². The molecule has 9 aromatic rings. The highest BCUT2D eigenvalue weighted by molar-refractivity contribution is 6.11. The van der Waals surface area contributed by atoms with E-state index >= 15 is 0 Å². The van der Waals surface area contributed by atoms with Crippen LogP contribution < -0.4 is 0 Å². The topological polar surface area (TPSA) is 30.7 Å². The number of nitrogens with zero attached hydrogens (tertiary/aromatic N) is 3. The van der Waals surface area contributed by atoms with Gasteiger partial charge in [-0.15, -0.1) is 0 Å². The Morgan fingerprint density at radius 1 is 0.407 bits per heavy atom. The van der Waals surface area contributed by atoms with Crippen molar-refractivity contribution in [2.45, 2.75) is 26.2 Å². The summed E-state index contributed by atoms with van der Waals surface area (Å²) < 4.78 is 86.0. The molecular weight excluding hydrogens is 757 g/mol. The van der Waals surface area contributed by atoms with Crippen LogP contribution in [0.2, 0.25) is 0 Å². The molecule has 0 aliphatic rings. The first kappa shape index (κ1) is 37.6. The number of hydrogen-bond donors (Lipinski definition) is 0. The molecule has 0 amide bonds. The van der Waals surface area contributed by atoms with Gasteiger partial charge in [0.2, 0.25) is 0 Å². The van der Waals surface area contributed by atoms with Gasteiger partial charge in [0.15, 0.2) is 5.82 Å². The summed E-state index contributed by atoms with van der Waals surface area (Å²) in [4.78, 5) is 10.00. The van der Waals surface area contributed by atoms with E-state index in [1.807, 2.05) is 117 Å². The summed E-state index contributed by atoms with van der Waals surface area (Å²) in [7, 11) is 0. The van der Waals surface area contributed by atoms with Crippen molar-refractivity contribution in [3.8, 4) is 61.8 Å². The summed E-state index contributed by atoms with van der Waals surface area (Å²) in [5, 5.41) is 1.92. The Balaban J connectivity index is 1.42. The first-order valence-corrected chi connectivity index (χ1v) is 18.9. The summed E-state index contributed by atoms with van der Waals surface area (Å²) in [5.41, 5.74) is 8.07.